The van der Waals surface area contributed by atoms with Gasteiger partial charge in [-0.15, -0.1) is 0 Å². The minimum atomic E-state index is -0.544. The van der Waals surface area contributed by atoms with Crippen LogP contribution in [0.15, 0.2) is 47.7 Å². The molecule has 0 fully saturated rings. The van der Waals surface area contributed by atoms with Crippen molar-refractivity contribution in [3.63, 3.8) is 0 Å². The van der Waals surface area contributed by atoms with Gasteiger partial charge >= 0.3 is 5.97 Å². The summed E-state index contributed by atoms with van der Waals surface area (Å²) in [4.78, 5) is 17.8. The Labute approximate surface area is 180 Å². The van der Waals surface area contributed by atoms with Crippen molar-refractivity contribution in [2.24, 2.45) is 0 Å². The van der Waals surface area contributed by atoms with E-state index in [1.807, 2.05) is 41.8 Å². The third-order valence-electron chi connectivity index (χ3n) is 5.36. The van der Waals surface area contributed by atoms with Gasteiger partial charge in [-0.3, -0.25) is 4.57 Å². The Morgan fingerprint density at radius 3 is 2.42 bits per heavy atom. The van der Waals surface area contributed by atoms with E-state index in [1.165, 1.54) is 0 Å². The fraction of sp³-hybridized carbons (Fsp3) is 0.304. The molecule has 0 aliphatic carbocycles. The molecule has 0 spiro atoms. The van der Waals surface area contributed by atoms with Crippen molar-refractivity contribution in [1.29, 1.82) is 0 Å². The number of fused-ring (bicyclic) bond motifs is 3. The average Bonchev–Trinajstić information content (AvgIpc) is 3.15. The van der Waals surface area contributed by atoms with Crippen molar-refractivity contribution in [2.45, 2.75) is 19.9 Å². The molecule has 0 radical (unpaired) electrons. The number of hydrogen-bond acceptors (Lipinski definition) is 7. The van der Waals surface area contributed by atoms with Gasteiger partial charge in [-0.1, -0.05) is 12.1 Å². The Bertz CT molecular complexity index is 1180. The number of para-hydroxylation sites is 2. The predicted octanol–water partition coefficient (Wildman–Crippen LogP) is 3.91. The summed E-state index contributed by atoms with van der Waals surface area (Å²) in [7, 11) is 4.72. The lowest BCUT2D eigenvalue weighted by Gasteiger charge is -2.31. The highest BCUT2D eigenvalue weighted by Crippen LogP contribution is 2.45. The van der Waals surface area contributed by atoms with Gasteiger partial charge in [0, 0.05) is 17.3 Å². The summed E-state index contributed by atoms with van der Waals surface area (Å²) < 4.78 is 24.1. The number of imidazole rings is 1. The van der Waals surface area contributed by atoms with Crippen LogP contribution in [0.4, 0.5) is 5.95 Å². The lowest BCUT2D eigenvalue weighted by atomic mass is 9.93. The average molecular weight is 423 g/mol. The van der Waals surface area contributed by atoms with Crippen LogP contribution in [-0.4, -0.2) is 43.5 Å². The Kier molecular flexibility index (Phi) is 5.46. The molecule has 4 rings (SSSR count). The number of esters is 1. The number of ether oxygens (including phenoxy) is 4. The van der Waals surface area contributed by atoms with E-state index >= 15 is 0 Å². The van der Waals surface area contributed by atoms with Crippen molar-refractivity contribution in [2.75, 3.05) is 33.3 Å². The van der Waals surface area contributed by atoms with Crippen LogP contribution in [0.2, 0.25) is 0 Å². The quantitative estimate of drug-likeness (QED) is 0.602. The maximum atomic E-state index is 13.1. The maximum absolute atomic E-state index is 13.1. The molecular weight excluding hydrogens is 398 g/mol. The number of rotatable bonds is 6. The summed E-state index contributed by atoms with van der Waals surface area (Å²) in [6.07, 6.45) is 0. The normalized spacial score (nSPS) is 15.3. The number of carbonyl (C=O) groups excluding carboxylic acids is 1. The smallest absolute Gasteiger partial charge is 0.338 e. The van der Waals surface area contributed by atoms with E-state index in [-0.39, 0.29) is 6.61 Å². The molecule has 0 unspecified atom stereocenters. The molecule has 0 amide bonds. The summed E-state index contributed by atoms with van der Waals surface area (Å²) in [6, 6.07) is 10.8. The molecule has 2 heterocycles. The highest BCUT2D eigenvalue weighted by molar-refractivity contribution is 5.94. The van der Waals surface area contributed by atoms with Crippen molar-refractivity contribution < 1.29 is 23.7 Å². The topological polar surface area (TPSA) is 83.8 Å². The summed E-state index contributed by atoms with van der Waals surface area (Å²) in [5.41, 5.74) is 3.56. The van der Waals surface area contributed by atoms with Gasteiger partial charge in [0.15, 0.2) is 11.5 Å². The monoisotopic (exact) mass is 423 g/mol. The molecule has 3 aromatic rings. The number of methoxy groups -OCH3 is 3. The van der Waals surface area contributed by atoms with E-state index in [2.05, 4.69) is 5.32 Å². The van der Waals surface area contributed by atoms with E-state index in [1.54, 1.807) is 34.3 Å². The van der Waals surface area contributed by atoms with Crippen molar-refractivity contribution in [1.82, 2.24) is 9.55 Å². The van der Waals surface area contributed by atoms with Crippen molar-refractivity contribution in [3.05, 3.63) is 53.2 Å². The Balaban J connectivity index is 2.04. The number of nitrogens with one attached hydrogen (secondary N) is 1. The molecule has 8 nitrogen and oxygen atoms in total. The van der Waals surface area contributed by atoms with E-state index < -0.39 is 12.0 Å². The van der Waals surface area contributed by atoms with Gasteiger partial charge in [-0.2, -0.15) is 0 Å². The van der Waals surface area contributed by atoms with Gasteiger partial charge in [-0.05, 0) is 32.0 Å². The van der Waals surface area contributed by atoms with Crippen LogP contribution >= 0.6 is 0 Å². The van der Waals surface area contributed by atoms with Crippen molar-refractivity contribution >= 4 is 23.0 Å². The molecule has 8 heteroatoms. The van der Waals surface area contributed by atoms with E-state index in [0.717, 1.165) is 16.6 Å². The van der Waals surface area contributed by atoms with E-state index in [9.17, 15) is 4.79 Å². The van der Waals surface area contributed by atoms with Gasteiger partial charge in [0.1, 0.15) is 5.75 Å². The van der Waals surface area contributed by atoms with Crippen LogP contribution < -0.4 is 19.5 Å². The number of anilines is 1. The summed E-state index contributed by atoms with van der Waals surface area (Å²) in [5.74, 6) is 1.85. The first kappa shape index (κ1) is 20.6. The molecular formula is C23H25N3O5. The number of allylic oxidation sites excluding steroid dienone is 1. The van der Waals surface area contributed by atoms with E-state index in [0.29, 0.717) is 34.5 Å². The molecule has 162 valence electrons. The first-order chi connectivity index (χ1) is 15.0. The van der Waals surface area contributed by atoms with Crippen LogP contribution in [0.3, 0.4) is 0 Å². The first-order valence-electron chi connectivity index (χ1n) is 9.95. The first-order valence-corrected chi connectivity index (χ1v) is 9.95. The standard InChI is InChI=1S/C23H25N3O5/c1-6-31-22(27)20-13(2)24-23-25-15-9-7-8-10-16(15)26(23)21(20)14-11-18(29-4)19(30-5)12-17(14)28-3/h7-12,21H,6H2,1-5H3,(H,24,25)/t21-/m0/s1. The van der Waals surface area contributed by atoms with Crippen LogP contribution in [0.25, 0.3) is 11.0 Å². The fourth-order valence-corrected chi connectivity index (χ4v) is 4.00. The molecule has 0 saturated heterocycles. The van der Waals surface area contributed by atoms with Gasteiger partial charge in [-0.25, -0.2) is 9.78 Å². The highest BCUT2D eigenvalue weighted by atomic mass is 16.5. The molecule has 0 saturated carbocycles. The highest BCUT2D eigenvalue weighted by Gasteiger charge is 2.37. The Morgan fingerprint density at radius 2 is 1.74 bits per heavy atom. The molecule has 1 atom stereocenters. The molecule has 0 bridgehead atoms. The summed E-state index contributed by atoms with van der Waals surface area (Å²) in [5, 5.41) is 3.26. The van der Waals surface area contributed by atoms with Crippen LogP contribution in [0.5, 0.6) is 17.2 Å². The predicted molar refractivity (Wildman–Crippen MR) is 117 cm³/mol. The van der Waals surface area contributed by atoms with Crippen LogP contribution in [0.1, 0.15) is 25.5 Å². The minimum Gasteiger partial charge on any atom is -0.496 e. The number of aromatic nitrogens is 2. The SMILES string of the molecule is CCOC(=O)C1=C(C)Nc2nc3ccccc3n2[C@H]1c1cc(OC)c(OC)cc1OC. The number of nitrogens with zero attached hydrogens (tertiary/aromatic N) is 2. The maximum Gasteiger partial charge on any atom is 0.338 e. The summed E-state index contributed by atoms with van der Waals surface area (Å²) >= 11 is 0. The van der Waals surface area contributed by atoms with Gasteiger partial charge < -0.3 is 24.3 Å². The molecule has 1 aliphatic rings. The second kappa shape index (κ2) is 8.22. The lowest BCUT2D eigenvalue weighted by molar-refractivity contribution is -0.139. The number of carbonyl (C=O) groups is 1. The van der Waals surface area contributed by atoms with Gasteiger partial charge in [0.05, 0.1) is 50.6 Å². The number of benzene rings is 2. The zero-order valence-electron chi connectivity index (χ0n) is 18.2. The lowest BCUT2D eigenvalue weighted by Crippen LogP contribution is -2.29. The van der Waals surface area contributed by atoms with Crippen molar-refractivity contribution in [3.8, 4) is 17.2 Å². The summed E-state index contributed by atoms with van der Waals surface area (Å²) in [6.45, 7) is 3.90. The third-order valence-corrected chi connectivity index (χ3v) is 5.36. The fourth-order valence-electron chi connectivity index (χ4n) is 4.00. The molecule has 1 N–H and O–H groups in total. The van der Waals surface area contributed by atoms with Gasteiger partial charge in [0.25, 0.3) is 0 Å². The zero-order valence-corrected chi connectivity index (χ0v) is 18.2. The Morgan fingerprint density at radius 1 is 1.06 bits per heavy atom. The third kappa shape index (κ3) is 3.34. The second-order valence-electron chi connectivity index (χ2n) is 7.03. The molecule has 1 aromatic heterocycles. The van der Waals surface area contributed by atoms with Crippen LogP contribution in [-0.2, 0) is 9.53 Å². The minimum absolute atomic E-state index is 0.267. The molecule has 2 aromatic carbocycles. The largest absolute Gasteiger partial charge is 0.496 e. The number of hydrogen-bond donors (Lipinski definition) is 1. The zero-order chi connectivity index (χ0) is 22.1. The molecule has 31 heavy (non-hydrogen) atoms. The van der Waals surface area contributed by atoms with Crippen LogP contribution in [0, 0.1) is 0 Å². The second-order valence-corrected chi connectivity index (χ2v) is 7.03. The molecule has 1 aliphatic heterocycles. The van der Waals surface area contributed by atoms with Gasteiger partial charge in [0.2, 0.25) is 5.95 Å². The van der Waals surface area contributed by atoms with E-state index in [4.69, 9.17) is 23.9 Å². The Hall–Kier alpha value is -3.68.